The molecule has 0 aliphatic heterocycles. The first kappa shape index (κ1) is 10.7. The first-order valence-electron chi connectivity index (χ1n) is 4.83. The lowest BCUT2D eigenvalue weighted by molar-refractivity contribution is 0.496. The Hall–Kier alpha value is -0.410. The van der Waals surface area contributed by atoms with Crippen LogP contribution in [0.1, 0.15) is 38.2 Å². The Bertz CT molecular complexity index is 219. The zero-order chi connectivity index (χ0) is 9.68. The molecule has 0 amide bonds. The van der Waals surface area contributed by atoms with Gasteiger partial charge in [0.1, 0.15) is 5.01 Å². The Morgan fingerprint density at radius 3 is 2.77 bits per heavy atom. The average molecular weight is 198 g/mol. The second-order valence-electron chi connectivity index (χ2n) is 3.73. The summed E-state index contributed by atoms with van der Waals surface area (Å²) in [7, 11) is 0. The van der Waals surface area contributed by atoms with Crippen molar-refractivity contribution in [1.29, 1.82) is 0 Å². The second-order valence-corrected chi connectivity index (χ2v) is 4.65. The van der Waals surface area contributed by atoms with Crippen LogP contribution in [0.2, 0.25) is 0 Å². The van der Waals surface area contributed by atoms with E-state index in [0.29, 0.717) is 6.04 Å². The van der Waals surface area contributed by atoms with Crippen molar-refractivity contribution in [2.24, 2.45) is 5.92 Å². The van der Waals surface area contributed by atoms with E-state index in [1.807, 2.05) is 11.6 Å². The van der Waals surface area contributed by atoms with E-state index in [1.165, 1.54) is 11.4 Å². The molecule has 0 aromatic carbocycles. The van der Waals surface area contributed by atoms with Crippen LogP contribution in [0, 0.1) is 5.92 Å². The molecule has 13 heavy (non-hydrogen) atoms. The van der Waals surface area contributed by atoms with E-state index in [-0.39, 0.29) is 0 Å². The van der Waals surface area contributed by atoms with Crippen LogP contribution < -0.4 is 5.32 Å². The molecule has 3 heteroatoms. The van der Waals surface area contributed by atoms with E-state index in [4.69, 9.17) is 0 Å². The summed E-state index contributed by atoms with van der Waals surface area (Å²) < 4.78 is 0. The largest absolute Gasteiger partial charge is 0.308 e. The smallest absolute Gasteiger partial charge is 0.109 e. The van der Waals surface area contributed by atoms with Crippen molar-refractivity contribution < 1.29 is 0 Å². The molecule has 1 rings (SSSR count). The topological polar surface area (TPSA) is 24.9 Å². The third-order valence-electron chi connectivity index (χ3n) is 1.99. The van der Waals surface area contributed by atoms with Crippen molar-refractivity contribution in [3.05, 3.63) is 16.6 Å². The maximum Gasteiger partial charge on any atom is 0.109 e. The molecule has 0 aliphatic carbocycles. The van der Waals surface area contributed by atoms with E-state index < -0.39 is 0 Å². The van der Waals surface area contributed by atoms with Crippen LogP contribution in [0.3, 0.4) is 0 Å². The number of nitrogens with one attached hydrogen (secondary N) is 1. The Kier molecular flexibility index (Phi) is 4.39. The van der Waals surface area contributed by atoms with E-state index in [0.717, 1.165) is 12.5 Å². The van der Waals surface area contributed by atoms with Crippen LogP contribution in [0.4, 0.5) is 0 Å². The Morgan fingerprint density at radius 1 is 1.46 bits per heavy atom. The molecule has 2 nitrogen and oxygen atoms in total. The van der Waals surface area contributed by atoms with Crippen LogP contribution in [-0.2, 0) is 0 Å². The van der Waals surface area contributed by atoms with Gasteiger partial charge >= 0.3 is 0 Å². The summed E-state index contributed by atoms with van der Waals surface area (Å²) in [6.45, 7) is 7.74. The molecule has 1 heterocycles. The van der Waals surface area contributed by atoms with Gasteiger partial charge in [-0.25, -0.2) is 4.98 Å². The lowest BCUT2D eigenvalue weighted by Gasteiger charge is -2.11. The van der Waals surface area contributed by atoms with Gasteiger partial charge in [0, 0.05) is 11.6 Å². The molecule has 1 unspecified atom stereocenters. The third kappa shape index (κ3) is 3.87. The van der Waals surface area contributed by atoms with Crippen LogP contribution in [0.25, 0.3) is 0 Å². The number of thiazole rings is 1. The number of rotatable bonds is 5. The van der Waals surface area contributed by atoms with Crippen LogP contribution >= 0.6 is 11.3 Å². The van der Waals surface area contributed by atoms with E-state index in [1.54, 1.807) is 11.3 Å². The minimum atomic E-state index is 0.402. The molecule has 0 radical (unpaired) electrons. The molecule has 0 saturated carbocycles. The normalized spacial score (nSPS) is 13.5. The van der Waals surface area contributed by atoms with Crippen molar-refractivity contribution in [1.82, 2.24) is 10.3 Å². The van der Waals surface area contributed by atoms with Gasteiger partial charge < -0.3 is 5.32 Å². The Balaban J connectivity index is 2.22. The molecular formula is C10H18N2S. The molecular weight excluding hydrogens is 180 g/mol. The number of aromatic nitrogens is 1. The van der Waals surface area contributed by atoms with Gasteiger partial charge in [-0.2, -0.15) is 0 Å². The maximum absolute atomic E-state index is 4.27. The molecule has 0 fully saturated rings. The molecule has 0 spiro atoms. The molecule has 1 atom stereocenters. The second kappa shape index (κ2) is 5.35. The first-order chi connectivity index (χ1) is 6.20. The number of nitrogens with zero attached hydrogens (tertiary/aromatic N) is 1. The first-order valence-corrected chi connectivity index (χ1v) is 5.71. The highest BCUT2D eigenvalue weighted by molar-refractivity contribution is 7.09. The van der Waals surface area contributed by atoms with Crippen molar-refractivity contribution in [3.63, 3.8) is 0 Å². The van der Waals surface area contributed by atoms with Crippen molar-refractivity contribution in [3.8, 4) is 0 Å². The summed E-state index contributed by atoms with van der Waals surface area (Å²) in [6, 6.07) is 0.402. The quantitative estimate of drug-likeness (QED) is 0.787. The van der Waals surface area contributed by atoms with Gasteiger partial charge in [-0.1, -0.05) is 13.8 Å². The fourth-order valence-corrected chi connectivity index (χ4v) is 1.79. The van der Waals surface area contributed by atoms with Gasteiger partial charge in [0.15, 0.2) is 0 Å². The van der Waals surface area contributed by atoms with Gasteiger partial charge in [-0.15, -0.1) is 11.3 Å². The highest BCUT2D eigenvalue weighted by Gasteiger charge is 2.06. The molecule has 1 N–H and O–H groups in total. The molecule has 1 aromatic heterocycles. The SMILES string of the molecule is CC(C)CCNC(C)c1nccs1. The lowest BCUT2D eigenvalue weighted by atomic mass is 10.1. The highest BCUT2D eigenvalue weighted by Crippen LogP contribution is 2.14. The maximum atomic E-state index is 4.27. The molecule has 0 bridgehead atoms. The van der Waals surface area contributed by atoms with Gasteiger partial charge in [0.05, 0.1) is 6.04 Å². The minimum Gasteiger partial charge on any atom is -0.308 e. The van der Waals surface area contributed by atoms with Gasteiger partial charge in [-0.3, -0.25) is 0 Å². The van der Waals surface area contributed by atoms with Crippen LogP contribution in [-0.4, -0.2) is 11.5 Å². The van der Waals surface area contributed by atoms with E-state index in [9.17, 15) is 0 Å². The lowest BCUT2D eigenvalue weighted by Crippen LogP contribution is -2.20. The molecule has 1 aromatic rings. The predicted octanol–water partition coefficient (Wildman–Crippen LogP) is 2.84. The van der Waals surface area contributed by atoms with E-state index in [2.05, 4.69) is 31.1 Å². The van der Waals surface area contributed by atoms with Crippen molar-refractivity contribution >= 4 is 11.3 Å². The Labute approximate surface area is 84.4 Å². The fraction of sp³-hybridized carbons (Fsp3) is 0.700. The zero-order valence-corrected chi connectivity index (χ0v) is 9.40. The van der Waals surface area contributed by atoms with Gasteiger partial charge in [0.25, 0.3) is 0 Å². The summed E-state index contributed by atoms with van der Waals surface area (Å²) >= 11 is 1.72. The predicted molar refractivity (Wildman–Crippen MR) is 58.0 cm³/mol. The summed E-state index contributed by atoms with van der Waals surface area (Å²) in [5.74, 6) is 0.774. The standard InChI is InChI=1S/C10H18N2S/c1-8(2)4-5-11-9(3)10-12-6-7-13-10/h6-9,11H,4-5H2,1-3H3. The number of hydrogen-bond donors (Lipinski definition) is 1. The van der Waals surface area contributed by atoms with Gasteiger partial charge in [-0.05, 0) is 25.8 Å². The summed E-state index contributed by atoms with van der Waals surface area (Å²) in [4.78, 5) is 4.27. The monoisotopic (exact) mass is 198 g/mol. The highest BCUT2D eigenvalue weighted by atomic mass is 32.1. The molecule has 0 aliphatic rings. The van der Waals surface area contributed by atoms with Crippen LogP contribution in [0.5, 0.6) is 0 Å². The third-order valence-corrected chi connectivity index (χ3v) is 2.95. The van der Waals surface area contributed by atoms with Crippen LogP contribution in [0.15, 0.2) is 11.6 Å². The van der Waals surface area contributed by atoms with Crippen molar-refractivity contribution in [2.75, 3.05) is 6.54 Å². The van der Waals surface area contributed by atoms with Gasteiger partial charge in [0.2, 0.25) is 0 Å². The fourth-order valence-electron chi connectivity index (χ4n) is 1.12. The van der Waals surface area contributed by atoms with Crippen molar-refractivity contribution in [2.45, 2.75) is 33.2 Å². The molecule has 0 saturated heterocycles. The zero-order valence-electron chi connectivity index (χ0n) is 8.58. The minimum absolute atomic E-state index is 0.402. The summed E-state index contributed by atoms with van der Waals surface area (Å²) in [6.07, 6.45) is 3.09. The summed E-state index contributed by atoms with van der Waals surface area (Å²) in [5, 5.41) is 6.67. The Morgan fingerprint density at radius 2 is 2.23 bits per heavy atom. The van der Waals surface area contributed by atoms with E-state index >= 15 is 0 Å². The molecule has 74 valence electrons. The summed E-state index contributed by atoms with van der Waals surface area (Å²) in [5.41, 5.74) is 0. The number of hydrogen-bond acceptors (Lipinski definition) is 3. The average Bonchev–Trinajstić information content (AvgIpc) is 2.55.